The number of anilines is 2. The van der Waals surface area contributed by atoms with Gasteiger partial charge in [-0.25, -0.2) is 15.0 Å². The van der Waals surface area contributed by atoms with E-state index in [1.54, 1.807) is 4.57 Å². The average Bonchev–Trinajstić information content (AvgIpc) is 3.42. The number of benzene rings is 1. The number of nitrogen functional groups attached to an aromatic ring is 1. The number of nitrogens with two attached hydrogens (primary N) is 1. The first-order valence-electron chi connectivity index (χ1n) is 13.5. The molecule has 1 amide bonds. The van der Waals surface area contributed by atoms with Crippen LogP contribution >= 0.6 is 0 Å². The number of aromatic nitrogens is 4. The Morgan fingerprint density at radius 2 is 1.85 bits per heavy atom. The van der Waals surface area contributed by atoms with Crippen molar-refractivity contribution in [2.45, 2.75) is 89.9 Å². The number of amides is 1. The third-order valence-electron chi connectivity index (χ3n) is 7.28. The van der Waals surface area contributed by atoms with Crippen LogP contribution in [0.4, 0.5) is 11.5 Å². The fourth-order valence-corrected chi connectivity index (χ4v) is 4.84. The van der Waals surface area contributed by atoms with E-state index in [2.05, 4.69) is 71.9 Å². The summed E-state index contributed by atoms with van der Waals surface area (Å²) in [4.78, 5) is 27.1. The predicted molar refractivity (Wildman–Crippen MR) is 150 cm³/mol. The molecule has 4 rings (SSSR count). The fourth-order valence-electron chi connectivity index (χ4n) is 4.84. The number of hydrogen-bond acceptors (Lipinski definition) is 9. The van der Waals surface area contributed by atoms with E-state index in [1.165, 1.54) is 18.2 Å². The second kappa shape index (κ2) is 12.0. The Bertz CT molecular complexity index is 1260. The molecule has 0 aliphatic carbocycles. The first-order chi connectivity index (χ1) is 18.5. The quantitative estimate of drug-likeness (QED) is 0.285. The first kappa shape index (κ1) is 28.9. The highest BCUT2D eigenvalue weighted by molar-refractivity contribution is 5.90. The summed E-state index contributed by atoms with van der Waals surface area (Å²) in [7, 11) is 0. The lowest BCUT2D eigenvalue weighted by atomic mass is 9.87. The summed E-state index contributed by atoms with van der Waals surface area (Å²) in [5.74, 6) is 0.230. The molecule has 212 valence electrons. The lowest BCUT2D eigenvalue weighted by Gasteiger charge is -2.30. The molecule has 11 nitrogen and oxygen atoms in total. The van der Waals surface area contributed by atoms with Gasteiger partial charge in [-0.2, -0.15) is 0 Å². The molecule has 1 aliphatic heterocycles. The van der Waals surface area contributed by atoms with Crippen LogP contribution < -0.4 is 11.1 Å². The molecule has 0 unspecified atom stereocenters. The maximum absolute atomic E-state index is 12.5. The highest BCUT2D eigenvalue weighted by Crippen LogP contribution is 2.32. The number of nitrogens with zero attached hydrogens (tertiary/aromatic N) is 5. The summed E-state index contributed by atoms with van der Waals surface area (Å²) in [5, 5.41) is 24.5. The lowest BCUT2D eigenvalue weighted by molar-refractivity contribution is -0.116. The molecule has 0 radical (unpaired) electrons. The summed E-state index contributed by atoms with van der Waals surface area (Å²) < 4.78 is 7.69. The number of ether oxygens (including phenoxy) is 1. The van der Waals surface area contributed by atoms with Crippen molar-refractivity contribution in [1.82, 2.24) is 24.4 Å². The van der Waals surface area contributed by atoms with Gasteiger partial charge in [0.05, 0.1) is 6.33 Å². The molecule has 0 spiro atoms. The van der Waals surface area contributed by atoms with E-state index in [4.69, 9.17) is 10.5 Å². The minimum Gasteiger partial charge on any atom is -0.387 e. The Morgan fingerprint density at radius 1 is 1.13 bits per heavy atom. The molecule has 39 heavy (non-hydrogen) atoms. The molecule has 4 atom stereocenters. The monoisotopic (exact) mass is 539 g/mol. The van der Waals surface area contributed by atoms with Gasteiger partial charge in [-0.05, 0) is 56.3 Å². The van der Waals surface area contributed by atoms with Crippen molar-refractivity contribution < 1.29 is 19.7 Å². The number of nitrogens with one attached hydrogen (secondary N) is 1. The molecule has 11 heteroatoms. The molecule has 3 heterocycles. The Morgan fingerprint density at radius 3 is 2.51 bits per heavy atom. The summed E-state index contributed by atoms with van der Waals surface area (Å²) in [5.41, 5.74) is 8.83. The average molecular weight is 540 g/mol. The van der Waals surface area contributed by atoms with Gasteiger partial charge in [-0.1, -0.05) is 32.9 Å². The second-order valence-corrected chi connectivity index (χ2v) is 11.6. The normalized spacial score (nSPS) is 21.8. The molecule has 1 aliphatic rings. The number of hydrogen-bond donors (Lipinski definition) is 4. The van der Waals surface area contributed by atoms with E-state index in [1.807, 2.05) is 12.1 Å². The van der Waals surface area contributed by atoms with Crippen LogP contribution in [0.2, 0.25) is 0 Å². The topological polar surface area (TPSA) is 152 Å². The zero-order valence-corrected chi connectivity index (χ0v) is 23.4. The van der Waals surface area contributed by atoms with E-state index in [-0.39, 0.29) is 23.2 Å². The predicted octanol–water partition coefficient (Wildman–Crippen LogP) is 2.84. The van der Waals surface area contributed by atoms with Crippen LogP contribution in [0.3, 0.4) is 0 Å². The Labute approximate surface area is 229 Å². The smallest absolute Gasteiger partial charge is 0.224 e. The minimum atomic E-state index is -1.15. The SMILES string of the molecule is CC(C)N(CCCCC(=O)Nc1ccc(C(C)(C)C)cc1)C[C@H]1O[C@@H](n2cnc3c(N)ncnc32)[C@H](O)[C@@H]1O. The maximum Gasteiger partial charge on any atom is 0.224 e. The standard InChI is InChI=1S/C28H41N7O4/c1-17(2)34(13-7-6-8-21(36)33-19-11-9-18(10-12-19)28(3,4)5)14-20-23(37)24(38)27(39-20)35-16-32-22-25(29)30-15-31-26(22)35/h9-12,15-17,20,23-24,27,37-38H,6-8,13-14H2,1-5H3,(H,33,36)(H2,29,30,31)/t20-,23-,24-,27-/m1/s1. The number of rotatable bonds is 10. The molecule has 0 bridgehead atoms. The van der Waals surface area contributed by atoms with Crippen LogP contribution in [-0.2, 0) is 14.9 Å². The first-order valence-corrected chi connectivity index (χ1v) is 13.5. The van der Waals surface area contributed by atoms with Gasteiger partial charge in [-0.3, -0.25) is 14.3 Å². The van der Waals surface area contributed by atoms with Gasteiger partial charge in [0.25, 0.3) is 0 Å². The summed E-state index contributed by atoms with van der Waals surface area (Å²) >= 11 is 0. The van der Waals surface area contributed by atoms with E-state index >= 15 is 0 Å². The van der Waals surface area contributed by atoms with Crippen LogP contribution in [-0.4, -0.2) is 78.0 Å². The summed E-state index contributed by atoms with van der Waals surface area (Å²) in [6, 6.07) is 8.18. The molecule has 2 aromatic heterocycles. The number of aliphatic hydroxyl groups is 2. The molecule has 5 N–H and O–H groups in total. The number of unbranched alkanes of at least 4 members (excludes halogenated alkanes) is 1. The zero-order valence-electron chi connectivity index (χ0n) is 23.4. The summed E-state index contributed by atoms with van der Waals surface area (Å²) in [6.45, 7) is 11.8. The molecule has 1 saturated heterocycles. The Balaban J connectivity index is 1.27. The van der Waals surface area contributed by atoms with Crippen molar-refractivity contribution in [3.8, 4) is 0 Å². The Hall–Kier alpha value is -3.12. The van der Waals surface area contributed by atoms with Gasteiger partial charge in [0.1, 0.15) is 30.2 Å². The molecule has 3 aromatic rings. The molecule has 0 saturated carbocycles. The van der Waals surface area contributed by atoms with Gasteiger partial charge >= 0.3 is 0 Å². The highest BCUT2D eigenvalue weighted by Gasteiger charge is 2.45. The fraction of sp³-hybridized carbons (Fsp3) is 0.571. The molecule has 1 fully saturated rings. The highest BCUT2D eigenvalue weighted by atomic mass is 16.6. The van der Waals surface area contributed by atoms with Gasteiger partial charge in [-0.15, -0.1) is 0 Å². The van der Waals surface area contributed by atoms with Crippen molar-refractivity contribution in [2.75, 3.05) is 24.1 Å². The van der Waals surface area contributed by atoms with Gasteiger partial charge in [0.2, 0.25) is 5.91 Å². The number of carbonyl (C=O) groups excluding carboxylic acids is 1. The number of fused-ring (bicyclic) bond motifs is 1. The Kier molecular flexibility index (Phi) is 8.85. The number of imidazole rings is 1. The van der Waals surface area contributed by atoms with Crippen LogP contribution in [0.15, 0.2) is 36.9 Å². The third kappa shape index (κ3) is 6.73. The molecular formula is C28H41N7O4. The third-order valence-corrected chi connectivity index (χ3v) is 7.28. The van der Waals surface area contributed by atoms with Gasteiger partial charge in [0, 0.05) is 24.7 Å². The summed E-state index contributed by atoms with van der Waals surface area (Å²) in [6.07, 6.45) is 1.10. The van der Waals surface area contributed by atoms with Crippen molar-refractivity contribution in [3.05, 3.63) is 42.5 Å². The van der Waals surface area contributed by atoms with E-state index in [9.17, 15) is 15.0 Å². The van der Waals surface area contributed by atoms with Crippen molar-refractivity contribution >= 4 is 28.6 Å². The van der Waals surface area contributed by atoms with Crippen LogP contribution in [0, 0.1) is 0 Å². The van der Waals surface area contributed by atoms with E-state index in [0.29, 0.717) is 24.1 Å². The van der Waals surface area contributed by atoms with E-state index < -0.39 is 24.5 Å². The largest absolute Gasteiger partial charge is 0.387 e. The minimum absolute atomic E-state index is 0.00729. The number of aliphatic hydroxyl groups excluding tert-OH is 2. The second-order valence-electron chi connectivity index (χ2n) is 11.6. The van der Waals surface area contributed by atoms with Gasteiger partial charge in [0.15, 0.2) is 17.7 Å². The number of carbonyl (C=O) groups is 1. The van der Waals surface area contributed by atoms with E-state index in [0.717, 1.165) is 25.1 Å². The van der Waals surface area contributed by atoms with Crippen LogP contribution in [0.5, 0.6) is 0 Å². The van der Waals surface area contributed by atoms with Crippen molar-refractivity contribution in [1.29, 1.82) is 0 Å². The maximum atomic E-state index is 12.5. The lowest BCUT2D eigenvalue weighted by Crippen LogP contribution is -2.43. The zero-order chi connectivity index (χ0) is 28.3. The van der Waals surface area contributed by atoms with Crippen molar-refractivity contribution in [2.24, 2.45) is 0 Å². The van der Waals surface area contributed by atoms with Crippen LogP contribution in [0.1, 0.15) is 65.7 Å². The van der Waals surface area contributed by atoms with Crippen LogP contribution in [0.25, 0.3) is 11.2 Å². The molecular weight excluding hydrogens is 498 g/mol. The van der Waals surface area contributed by atoms with Crippen molar-refractivity contribution in [3.63, 3.8) is 0 Å². The van der Waals surface area contributed by atoms with Gasteiger partial charge < -0.3 is 26.0 Å². The molecule has 1 aromatic carbocycles.